The third-order valence-corrected chi connectivity index (χ3v) is 13.9. The molecule has 0 unspecified atom stereocenters. The van der Waals surface area contributed by atoms with Crippen molar-refractivity contribution in [2.24, 2.45) is 0 Å². The van der Waals surface area contributed by atoms with Crippen LogP contribution in [-0.4, -0.2) is 0 Å². The molecule has 12 rings (SSSR count). The molecule has 300 valence electrons. The van der Waals surface area contributed by atoms with Crippen molar-refractivity contribution < 1.29 is 0 Å². The molecular formula is C62H41NS. The van der Waals surface area contributed by atoms with Crippen LogP contribution in [0.25, 0.3) is 97.4 Å². The fraction of sp³-hybridized carbons (Fsp3) is 0. The van der Waals surface area contributed by atoms with Gasteiger partial charge in [-0.25, -0.2) is 0 Å². The van der Waals surface area contributed by atoms with Crippen LogP contribution in [0.5, 0.6) is 0 Å². The Kier molecular flexibility index (Phi) is 9.43. The highest BCUT2D eigenvalue weighted by Gasteiger charge is 2.24. The highest BCUT2D eigenvalue weighted by atomic mass is 32.1. The molecule has 0 amide bonds. The van der Waals surface area contributed by atoms with Gasteiger partial charge in [0, 0.05) is 37.1 Å². The van der Waals surface area contributed by atoms with Gasteiger partial charge in [0.2, 0.25) is 0 Å². The van der Waals surface area contributed by atoms with Crippen molar-refractivity contribution in [3.63, 3.8) is 0 Å². The quantitative estimate of drug-likeness (QED) is 0.138. The van der Waals surface area contributed by atoms with Crippen molar-refractivity contribution in [3.05, 3.63) is 249 Å². The van der Waals surface area contributed by atoms with Gasteiger partial charge in [0.25, 0.3) is 0 Å². The van der Waals surface area contributed by atoms with Crippen LogP contribution in [-0.2, 0) is 0 Å². The molecule has 0 aliphatic heterocycles. The zero-order valence-electron chi connectivity index (χ0n) is 35.0. The minimum absolute atomic E-state index is 1.08. The van der Waals surface area contributed by atoms with E-state index in [9.17, 15) is 0 Å². The Labute approximate surface area is 377 Å². The first kappa shape index (κ1) is 37.7. The van der Waals surface area contributed by atoms with E-state index in [1.165, 1.54) is 97.4 Å². The summed E-state index contributed by atoms with van der Waals surface area (Å²) in [5.74, 6) is 0. The van der Waals surface area contributed by atoms with Crippen molar-refractivity contribution in [1.29, 1.82) is 0 Å². The lowest BCUT2D eigenvalue weighted by atomic mass is 9.87. The highest BCUT2D eigenvalue weighted by Crippen LogP contribution is 2.49. The minimum atomic E-state index is 1.08. The fourth-order valence-electron chi connectivity index (χ4n) is 9.74. The average molecular weight is 832 g/mol. The first-order valence-corrected chi connectivity index (χ1v) is 22.7. The molecule has 0 aliphatic rings. The Hall–Kier alpha value is -8.04. The van der Waals surface area contributed by atoms with E-state index in [-0.39, 0.29) is 0 Å². The Bertz CT molecular complexity index is 3660. The zero-order chi connectivity index (χ0) is 42.4. The molecule has 12 aromatic rings. The molecule has 0 radical (unpaired) electrons. The van der Waals surface area contributed by atoms with Crippen LogP contribution in [0.3, 0.4) is 0 Å². The molecule has 2 heteroatoms. The number of fused-ring (bicyclic) bond motifs is 6. The first-order valence-electron chi connectivity index (χ1n) is 21.9. The molecule has 1 nitrogen and oxygen atoms in total. The average Bonchev–Trinajstić information content (AvgIpc) is 3.76. The molecule has 0 fully saturated rings. The lowest BCUT2D eigenvalue weighted by Crippen LogP contribution is -2.12. The predicted octanol–water partition coefficient (Wildman–Crippen LogP) is 18.2. The summed E-state index contributed by atoms with van der Waals surface area (Å²) in [6, 6.07) is 91.0. The van der Waals surface area contributed by atoms with E-state index in [1.807, 2.05) is 11.3 Å². The summed E-state index contributed by atoms with van der Waals surface area (Å²) in [6.45, 7) is 0. The molecule has 64 heavy (non-hydrogen) atoms. The molecule has 0 atom stereocenters. The van der Waals surface area contributed by atoms with Crippen LogP contribution in [0.2, 0.25) is 0 Å². The lowest BCUT2D eigenvalue weighted by molar-refractivity contribution is 1.28. The lowest BCUT2D eigenvalue weighted by Gasteiger charge is -2.30. The summed E-state index contributed by atoms with van der Waals surface area (Å²) in [5.41, 5.74) is 15.2. The predicted molar refractivity (Wildman–Crippen MR) is 276 cm³/mol. The van der Waals surface area contributed by atoms with Crippen LogP contribution >= 0.6 is 11.3 Å². The van der Waals surface area contributed by atoms with Gasteiger partial charge in [-0.05, 0) is 114 Å². The van der Waals surface area contributed by atoms with Gasteiger partial charge in [-0.1, -0.05) is 206 Å². The van der Waals surface area contributed by atoms with E-state index in [0.717, 1.165) is 17.1 Å². The maximum atomic E-state index is 2.47. The second-order valence-electron chi connectivity index (χ2n) is 16.4. The minimum Gasteiger partial charge on any atom is -0.310 e. The van der Waals surface area contributed by atoms with Crippen LogP contribution in [0.1, 0.15) is 0 Å². The number of rotatable bonds is 8. The van der Waals surface area contributed by atoms with Gasteiger partial charge >= 0.3 is 0 Å². The van der Waals surface area contributed by atoms with Gasteiger partial charge in [0.1, 0.15) is 0 Å². The number of nitrogens with zero attached hydrogens (tertiary/aromatic N) is 1. The van der Waals surface area contributed by atoms with Crippen molar-refractivity contribution in [1.82, 2.24) is 0 Å². The van der Waals surface area contributed by atoms with Crippen LogP contribution in [0.4, 0.5) is 17.1 Å². The smallest absolute Gasteiger partial charge is 0.0546 e. The number of benzene rings is 11. The second-order valence-corrected chi connectivity index (χ2v) is 17.4. The molecule has 0 saturated carbocycles. The highest BCUT2D eigenvalue weighted by molar-refractivity contribution is 7.26. The summed E-state index contributed by atoms with van der Waals surface area (Å²) in [5, 5.41) is 7.65. The molecule has 1 aromatic heterocycles. The van der Waals surface area contributed by atoms with Gasteiger partial charge in [-0.15, -0.1) is 11.3 Å². The van der Waals surface area contributed by atoms with Crippen LogP contribution in [0, 0.1) is 0 Å². The maximum absolute atomic E-state index is 2.47. The molecule has 0 saturated heterocycles. The van der Waals surface area contributed by atoms with Gasteiger partial charge in [0.05, 0.1) is 5.69 Å². The number of hydrogen-bond acceptors (Lipinski definition) is 2. The van der Waals surface area contributed by atoms with E-state index < -0.39 is 0 Å². The zero-order valence-corrected chi connectivity index (χ0v) is 35.8. The Morgan fingerprint density at radius 3 is 1.62 bits per heavy atom. The molecule has 0 bridgehead atoms. The largest absolute Gasteiger partial charge is 0.310 e. The molecule has 1 heterocycles. The SMILES string of the molecule is c1ccc(-c2ccccc2-c2c(-c3ccccc3)cccc2N(c2ccc(-c3cc4ccccc4c4ccccc34)cc2)c2cccc(-c3cccc4c3sc3ccccc34)c2)cc1. The van der Waals surface area contributed by atoms with E-state index in [0.29, 0.717) is 0 Å². The van der Waals surface area contributed by atoms with Crippen LogP contribution < -0.4 is 4.90 Å². The third kappa shape index (κ3) is 6.55. The monoisotopic (exact) mass is 831 g/mol. The van der Waals surface area contributed by atoms with Gasteiger partial charge in [0.15, 0.2) is 0 Å². The van der Waals surface area contributed by atoms with E-state index in [4.69, 9.17) is 0 Å². The summed E-state index contributed by atoms with van der Waals surface area (Å²) in [4.78, 5) is 2.47. The second kappa shape index (κ2) is 16.0. The maximum Gasteiger partial charge on any atom is 0.0546 e. The standard InChI is InChI=1S/C62H41NS/c1-3-18-42(19-4-1)49-25-9-12-30-56(49)61-51(43-20-5-2-6-21-43)31-17-34-59(61)63(48-24-15-23-45(40-48)52-32-16-33-57-55-29-13-14-35-60(55)64-62(52)57)47-38-36-44(37-39-47)58-41-46-22-7-8-26-50(46)53-27-10-11-28-54(53)58/h1-41H. The van der Waals surface area contributed by atoms with Crippen molar-refractivity contribution in [2.45, 2.75) is 0 Å². The molecule has 0 spiro atoms. The summed E-state index contributed by atoms with van der Waals surface area (Å²) >= 11 is 1.88. The van der Waals surface area contributed by atoms with Crippen molar-refractivity contribution >= 4 is 70.1 Å². The van der Waals surface area contributed by atoms with Crippen LogP contribution in [0.15, 0.2) is 249 Å². The summed E-state index contributed by atoms with van der Waals surface area (Å²) in [6.07, 6.45) is 0. The normalized spacial score (nSPS) is 11.4. The van der Waals surface area contributed by atoms with E-state index >= 15 is 0 Å². The first-order chi connectivity index (χ1) is 31.8. The molecule has 11 aromatic carbocycles. The van der Waals surface area contributed by atoms with Gasteiger partial charge in [-0.2, -0.15) is 0 Å². The Morgan fingerprint density at radius 2 is 0.828 bits per heavy atom. The molecular weight excluding hydrogens is 791 g/mol. The van der Waals surface area contributed by atoms with Crippen molar-refractivity contribution in [2.75, 3.05) is 4.90 Å². The Morgan fingerprint density at radius 1 is 0.281 bits per heavy atom. The topological polar surface area (TPSA) is 3.24 Å². The summed E-state index contributed by atoms with van der Waals surface area (Å²) in [7, 11) is 0. The van der Waals surface area contributed by atoms with E-state index in [1.54, 1.807) is 0 Å². The molecule has 0 N–H and O–H groups in total. The van der Waals surface area contributed by atoms with Crippen molar-refractivity contribution in [3.8, 4) is 55.6 Å². The van der Waals surface area contributed by atoms with Gasteiger partial charge in [-0.3, -0.25) is 0 Å². The number of hydrogen-bond donors (Lipinski definition) is 0. The fourth-order valence-corrected chi connectivity index (χ4v) is 11.0. The Balaban J connectivity index is 1.10. The van der Waals surface area contributed by atoms with E-state index in [2.05, 4.69) is 254 Å². The third-order valence-electron chi connectivity index (χ3n) is 12.7. The summed E-state index contributed by atoms with van der Waals surface area (Å²) < 4.78 is 2.62. The molecule has 0 aliphatic carbocycles. The number of thiophene rings is 1. The van der Waals surface area contributed by atoms with Gasteiger partial charge < -0.3 is 4.90 Å². The number of anilines is 3.